The lowest BCUT2D eigenvalue weighted by molar-refractivity contribution is -0.107. The Morgan fingerprint density at radius 1 is 1.25 bits per heavy atom. The summed E-state index contributed by atoms with van der Waals surface area (Å²) in [4.78, 5) is 11.1. The zero-order valence-electron chi connectivity index (χ0n) is 9.97. The van der Waals surface area contributed by atoms with Gasteiger partial charge in [-0.25, -0.2) is 0 Å². The summed E-state index contributed by atoms with van der Waals surface area (Å²) in [6.45, 7) is 6.09. The standard InChI is InChI=1S/C10H19O4PS/c1-4-13-15(12,14-5-2)9-7-8-10(11)16-6-3/h7-8H,4-6,9H2,1-3H3/b8-7+. The molecule has 0 unspecified atom stereocenters. The van der Waals surface area contributed by atoms with Crippen LogP contribution in [0.25, 0.3) is 0 Å². The molecule has 16 heavy (non-hydrogen) atoms. The van der Waals surface area contributed by atoms with Crippen LogP contribution in [0.3, 0.4) is 0 Å². The molecule has 0 saturated carbocycles. The average molecular weight is 266 g/mol. The highest BCUT2D eigenvalue weighted by atomic mass is 32.2. The van der Waals surface area contributed by atoms with E-state index in [9.17, 15) is 9.36 Å². The molecule has 0 amide bonds. The van der Waals surface area contributed by atoms with Gasteiger partial charge < -0.3 is 9.05 Å². The molecule has 0 saturated heterocycles. The van der Waals surface area contributed by atoms with Crippen molar-refractivity contribution in [3.05, 3.63) is 12.2 Å². The van der Waals surface area contributed by atoms with Crippen LogP contribution in [-0.4, -0.2) is 30.2 Å². The van der Waals surface area contributed by atoms with E-state index in [0.717, 1.165) is 5.75 Å². The van der Waals surface area contributed by atoms with Crippen molar-refractivity contribution < 1.29 is 18.4 Å². The highest BCUT2D eigenvalue weighted by Gasteiger charge is 2.21. The van der Waals surface area contributed by atoms with Crippen LogP contribution in [0.2, 0.25) is 0 Å². The number of hydrogen-bond donors (Lipinski definition) is 0. The molecule has 0 aliphatic heterocycles. The van der Waals surface area contributed by atoms with Crippen molar-refractivity contribution in [2.75, 3.05) is 25.1 Å². The number of hydrogen-bond acceptors (Lipinski definition) is 5. The second-order valence-electron chi connectivity index (χ2n) is 2.78. The molecule has 94 valence electrons. The summed E-state index contributed by atoms with van der Waals surface area (Å²) >= 11 is 1.21. The highest BCUT2D eigenvalue weighted by molar-refractivity contribution is 8.14. The number of allylic oxidation sites excluding steroid dienone is 1. The van der Waals surface area contributed by atoms with Crippen molar-refractivity contribution in [2.24, 2.45) is 0 Å². The Kier molecular flexibility index (Phi) is 8.94. The maximum absolute atomic E-state index is 11.9. The third kappa shape index (κ3) is 7.23. The van der Waals surface area contributed by atoms with E-state index in [1.807, 2.05) is 6.92 Å². The Morgan fingerprint density at radius 2 is 1.81 bits per heavy atom. The molecular weight excluding hydrogens is 247 g/mol. The Morgan fingerprint density at radius 3 is 2.25 bits per heavy atom. The minimum absolute atomic E-state index is 0.0398. The van der Waals surface area contributed by atoms with Gasteiger partial charge in [-0.2, -0.15) is 0 Å². The SMILES string of the molecule is CCOP(=O)(C/C=C/C(=O)SCC)OCC. The van der Waals surface area contributed by atoms with Gasteiger partial charge in [0, 0.05) is 0 Å². The monoisotopic (exact) mass is 266 g/mol. The van der Waals surface area contributed by atoms with Crippen LogP contribution >= 0.6 is 19.4 Å². The van der Waals surface area contributed by atoms with E-state index in [4.69, 9.17) is 9.05 Å². The molecule has 0 atom stereocenters. The maximum Gasteiger partial charge on any atom is 0.334 e. The minimum atomic E-state index is -3.04. The first kappa shape index (κ1) is 15.9. The third-order valence-electron chi connectivity index (χ3n) is 1.52. The number of carbonyl (C=O) groups excluding carboxylic acids is 1. The van der Waals surface area contributed by atoms with Gasteiger partial charge in [-0.05, 0) is 25.7 Å². The van der Waals surface area contributed by atoms with Crippen LogP contribution in [0, 0.1) is 0 Å². The maximum atomic E-state index is 11.9. The molecule has 0 aliphatic rings. The van der Waals surface area contributed by atoms with E-state index in [1.165, 1.54) is 17.8 Å². The number of rotatable bonds is 8. The lowest BCUT2D eigenvalue weighted by atomic mass is 10.6. The Bertz CT molecular complexity index is 268. The normalized spacial score (nSPS) is 12.2. The Balaban J connectivity index is 4.21. The summed E-state index contributed by atoms with van der Waals surface area (Å²) in [5, 5.41) is -0.0398. The second kappa shape index (κ2) is 8.99. The lowest BCUT2D eigenvalue weighted by Crippen LogP contribution is -1.98. The molecule has 0 N–H and O–H groups in total. The van der Waals surface area contributed by atoms with Crippen LogP contribution in [0.1, 0.15) is 20.8 Å². The summed E-state index contributed by atoms with van der Waals surface area (Å²) in [5.41, 5.74) is 0. The van der Waals surface area contributed by atoms with Crippen LogP contribution < -0.4 is 0 Å². The Labute approximate surface area is 101 Å². The van der Waals surface area contributed by atoms with Crippen LogP contribution in [0.5, 0.6) is 0 Å². The van der Waals surface area contributed by atoms with Gasteiger partial charge in [0.2, 0.25) is 5.12 Å². The molecule has 0 aromatic carbocycles. The molecule has 0 radical (unpaired) electrons. The average Bonchev–Trinajstić information content (AvgIpc) is 2.18. The zero-order valence-corrected chi connectivity index (χ0v) is 11.7. The van der Waals surface area contributed by atoms with E-state index in [0.29, 0.717) is 13.2 Å². The summed E-state index contributed by atoms with van der Waals surface area (Å²) < 4.78 is 22.1. The fraction of sp³-hybridized carbons (Fsp3) is 0.700. The van der Waals surface area contributed by atoms with Crippen molar-refractivity contribution in [3.63, 3.8) is 0 Å². The predicted molar refractivity (Wildman–Crippen MR) is 68.0 cm³/mol. The molecule has 0 aromatic heterocycles. The molecule has 0 rings (SSSR count). The van der Waals surface area contributed by atoms with Gasteiger partial charge in [-0.3, -0.25) is 9.36 Å². The molecule has 0 heterocycles. The molecule has 0 aliphatic carbocycles. The lowest BCUT2D eigenvalue weighted by Gasteiger charge is -2.14. The van der Waals surface area contributed by atoms with Gasteiger partial charge >= 0.3 is 7.60 Å². The smallest absolute Gasteiger partial charge is 0.309 e. The van der Waals surface area contributed by atoms with Gasteiger partial charge in [0.05, 0.1) is 19.4 Å². The fourth-order valence-electron chi connectivity index (χ4n) is 1.00. The summed E-state index contributed by atoms with van der Waals surface area (Å²) in [6, 6.07) is 0. The molecule has 4 nitrogen and oxygen atoms in total. The van der Waals surface area contributed by atoms with Crippen LogP contribution in [0.15, 0.2) is 12.2 Å². The minimum Gasteiger partial charge on any atom is -0.309 e. The topological polar surface area (TPSA) is 52.6 Å². The van der Waals surface area contributed by atoms with E-state index in [1.54, 1.807) is 19.9 Å². The summed E-state index contributed by atoms with van der Waals surface area (Å²) in [7, 11) is -3.04. The first-order chi connectivity index (χ1) is 7.58. The third-order valence-corrected chi connectivity index (χ3v) is 4.19. The fourth-order valence-corrected chi connectivity index (χ4v) is 2.92. The predicted octanol–water partition coefficient (Wildman–Crippen LogP) is 3.09. The summed E-state index contributed by atoms with van der Waals surface area (Å²) in [6.07, 6.45) is 3.11. The van der Waals surface area contributed by atoms with Gasteiger partial charge in [-0.15, -0.1) is 0 Å². The van der Waals surface area contributed by atoms with E-state index < -0.39 is 7.60 Å². The molecule has 0 fully saturated rings. The van der Waals surface area contributed by atoms with Crippen molar-refractivity contribution >= 4 is 24.5 Å². The first-order valence-corrected chi connectivity index (χ1v) is 8.00. The first-order valence-electron chi connectivity index (χ1n) is 5.29. The number of thioether (sulfide) groups is 1. The number of carbonyl (C=O) groups is 1. The van der Waals surface area contributed by atoms with Crippen molar-refractivity contribution in [2.45, 2.75) is 20.8 Å². The Hall–Kier alpha value is -0.0900. The van der Waals surface area contributed by atoms with Crippen LogP contribution in [0.4, 0.5) is 0 Å². The molecule has 0 aromatic rings. The second-order valence-corrected chi connectivity index (χ2v) is 6.16. The van der Waals surface area contributed by atoms with Crippen molar-refractivity contribution in [1.82, 2.24) is 0 Å². The molecular formula is C10H19O4PS. The molecule has 0 spiro atoms. The van der Waals surface area contributed by atoms with Crippen LogP contribution in [-0.2, 0) is 18.4 Å². The summed E-state index contributed by atoms with van der Waals surface area (Å²) in [5.74, 6) is 0.734. The van der Waals surface area contributed by atoms with E-state index >= 15 is 0 Å². The highest BCUT2D eigenvalue weighted by Crippen LogP contribution is 2.47. The van der Waals surface area contributed by atoms with Gasteiger partial charge in [0.25, 0.3) is 0 Å². The van der Waals surface area contributed by atoms with Gasteiger partial charge in [-0.1, -0.05) is 24.8 Å². The molecule has 6 heteroatoms. The quantitative estimate of drug-likeness (QED) is 0.499. The van der Waals surface area contributed by atoms with E-state index in [-0.39, 0.29) is 11.3 Å². The van der Waals surface area contributed by atoms with Crippen molar-refractivity contribution in [1.29, 1.82) is 0 Å². The van der Waals surface area contributed by atoms with Crippen molar-refractivity contribution in [3.8, 4) is 0 Å². The van der Waals surface area contributed by atoms with Gasteiger partial charge in [0.15, 0.2) is 0 Å². The molecule has 0 bridgehead atoms. The van der Waals surface area contributed by atoms with E-state index in [2.05, 4.69) is 0 Å². The largest absolute Gasteiger partial charge is 0.334 e. The van der Waals surface area contributed by atoms with Gasteiger partial charge in [0.1, 0.15) is 0 Å². The zero-order chi connectivity index (χ0) is 12.4.